The third-order valence-corrected chi connectivity index (χ3v) is 4.11. The van der Waals surface area contributed by atoms with Gasteiger partial charge in [-0.15, -0.1) is 0 Å². The van der Waals surface area contributed by atoms with Gasteiger partial charge in [0, 0.05) is 17.8 Å². The smallest absolute Gasteiger partial charge is 0.337 e. The summed E-state index contributed by atoms with van der Waals surface area (Å²) in [5, 5.41) is 0. The van der Waals surface area contributed by atoms with Crippen molar-refractivity contribution in [1.29, 1.82) is 0 Å². The second-order valence-electron chi connectivity index (χ2n) is 5.10. The van der Waals surface area contributed by atoms with E-state index in [9.17, 15) is 9.59 Å². The molecule has 1 aromatic heterocycles. The van der Waals surface area contributed by atoms with Crippen molar-refractivity contribution in [2.45, 2.75) is 13.3 Å². The van der Waals surface area contributed by atoms with Gasteiger partial charge >= 0.3 is 5.97 Å². The fourth-order valence-electron chi connectivity index (χ4n) is 2.64. The van der Waals surface area contributed by atoms with Crippen molar-refractivity contribution >= 4 is 33.5 Å². The number of carbonyl (C=O) groups is 2. The molecule has 1 aliphatic heterocycles. The number of nitrogens with zero attached hydrogens (tertiary/aromatic N) is 1. The van der Waals surface area contributed by atoms with Gasteiger partial charge in [-0.2, -0.15) is 0 Å². The van der Waals surface area contributed by atoms with Crippen LogP contribution in [0.2, 0.25) is 0 Å². The summed E-state index contributed by atoms with van der Waals surface area (Å²) in [7, 11) is 1.35. The van der Waals surface area contributed by atoms with Crippen molar-refractivity contribution < 1.29 is 18.7 Å². The molecule has 0 spiro atoms. The van der Waals surface area contributed by atoms with Crippen molar-refractivity contribution in [3.8, 4) is 0 Å². The van der Waals surface area contributed by atoms with Gasteiger partial charge in [0.15, 0.2) is 10.4 Å². The Balaban J connectivity index is 1.93. The van der Waals surface area contributed by atoms with Crippen LogP contribution in [0.4, 0.5) is 5.69 Å². The van der Waals surface area contributed by atoms with Crippen LogP contribution in [0.15, 0.2) is 33.4 Å². The highest BCUT2D eigenvalue weighted by Gasteiger charge is 2.29. The van der Waals surface area contributed by atoms with E-state index in [2.05, 4.69) is 15.9 Å². The SMILES string of the molecule is COC(=O)c1ccc2c(c1)CCN2C(=O)c1oc(Br)cc1C. The Labute approximate surface area is 136 Å². The number of methoxy groups -OCH3 is 1. The molecule has 0 N–H and O–H groups in total. The summed E-state index contributed by atoms with van der Waals surface area (Å²) in [6.45, 7) is 2.40. The second-order valence-corrected chi connectivity index (χ2v) is 5.89. The number of carbonyl (C=O) groups excluding carboxylic acids is 2. The summed E-state index contributed by atoms with van der Waals surface area (Å²) in [5.41, 5.74) is 3.05. The first-order valence-electron chi connectivity index (χ1n) is 6.80. The average molecular weight is 364 g/mol. The first-order valence-corrected chi connectivity index (χ1v) is 7.59. The topological polar surface area (TPSA) is 59.8 Å². The standard InChI is InChI=1S/C16H14BrNO4/c1-9-7-13(17)22-14(9)15(19)18-6-5-10-8-11(16(20)21-2)3-4-12(10)18/h3-4,7-8H,5-6H2,1-2H3. The molecule has 0 aliphatic carbocycles. The summed E-state index contributed by atoms with van der Waals surface area (Å²) in [5.74, 6) is -0.220. The molecule has 0 radical (unpaired) electrons. The fourth-order valence-corrected chi connectivity index (χ4v) is 3.14. The van der Waals surface area contributed by atoms with E-state index in [0.29, 0.717) is 29.0 Å². The molecule has 0 unspecified atom stereocenters. The molecule has 2 heterocycles. The van der Waals surface area contributed by atoms with Crippen LogP contribution >= 0.6 is 15.9 Å². The maximum absolute atomic E-state index is 12.6. The molecule has 0 atom stereocenters. The van der Waals surface area contributed by atoms with Gasteiger partial charge in [0.25, 0.3) is 5.91 Å². The van der Waals surface area contributed by atoms with E-state index in [1.807, 2.05) is 6.92 Å². The van der Waals surface area contributed by atoms with E-state index in [1.54, 1.807) is 29.2 Å². The minimum Gasteiger partial charge on any atom is -0.465 e. The molecular formula is C16H14BrNO4. The van der Waals surface area contributed by atoms with Crippen LogP contribution in [0.5, 0.6) is 0 Å². The lowest BCUT2D eigenvalue weighted by Gasteiger charge is -2.16. The molecule has 1 amide bonds. The normalized spacial score (nSPS) is 13.1. The molecule has 0 bridgehead atoms. The third kappa shape index (κ3) is 2.43. The van der Waals surface area contributed by atoms with E-state index in [1.165, 1.54) is 7.11 Å². The van der Waals surface area contributed by atoms with E-state index >= 15 is 0 Å². The van der Waals surface area contributed by atoms with E-state index in [4.69, 9.17) is 9.15 Å². The highest BCUT2D eigenvalue weighted by atomic mass is 79.9. The highest BCUT2D eigenvalue weighted by Crippen LogP contribution is 2.32. The van der Waals surface area contributed by atoms with Crippen molar-refractivity contribution in [2.24, 2.45) is 0 Å². The number of aryl methyl sites for hydroxylation is 1. The molecule has 6 heteroatoms. The summed E-state index contributed by atoms with van der Waals surface area (Å²) in [4.78, 5) is 25.9. The van der Waals surface area contributed by atoms with E-state index in [0.717, 1.165) is 16.8 Å². The van der Waals surface area contributed by atoms with Gasteiger partial charge in [0.2, 0.25) is 0 Å². The van der Waals surface area contributed by atoms with E-state index in [-0.39, 0.29) is 11.9 Å². The van der Waals surface area contributed by atoms with Gasteiger partial charge in [-0.05, 0) is 59.1 Å². The lowest BCUT2D eigenvalue weighted by molar-refractivity contribution is 0.0600. The minimum absolute atomic E-state index is 0.173. The number of amides is 1. The number of ether oxygens (including phenoxy) is 1. The zero-order chi connectivity index (χ0) is 15.9. The van der Waals surface area contributed by atoms with Crippen LogP contribution in [-0.4, -0.2) is 25.5 Å². The largest absolute Gasteiger partial charge is 0.465 e. The summed E-state index contributed by atoms with van der Waals surface area (Å²) < 4.78 is 10.7. The number of halogens is 1. The van der Waals surface area contributed by atoms with E-state index < -0.39 is 0 Å². The molecule has 0 saturated carbocycles. The molecular weight excluding hydrogens is 350 g/mol. The van der Waals surface area contributed by atoms with Gasteiger partial charge < -0.3 is 14.1 Å². The number of rotatable bonds is 2. The minimum atomic E-state index is -0.376. The molecule has 114 valence electrons. The number of hydrogen-bond acceptors (Lipinski definition) is 4. The van der Waals surface area contributed by atoms with Gasteiger partial charge in [-0.25, -0.2) is 4.79 Å². The Kier molecular flexibility index (Phi) is 3.78. The molecule has 22 heavy (non-hydrogen) atoms. The zero-order valence-corrected chi connectivity index (χ0v) is 13.8. The predicted molar refractivity (Wildman–Crippen MR) is 84.3 cm³/mol. The first kappa shape index (κ1) is 14.8. The Morgan fingerprint density at radius 3 is 2.73 bits per heavy atom. The highest BCUT2D eigenvalue weighted by molar-refractivity contribution is 9.10. The number of anilines is 1. The summed E-state index contributed by atoms with van der Waals surface area (Å²) in [6, 6.07) is 6.99. The Morgan fingerprint density at radius 1 is 1.32 bits per heavy atom. The summed E-state index contributed by atoms with van der Waals surface area (Å²) in [6.07, 6.45) is 0.701. The van der Waals surface area contributed by atoms with Gasteiger partial charge in [-0.1, -0.05) is 0 Å². The number of benzene rings is 1. The number of furan rings is 1. The van der Waals surface area contributed by atoms with Crippen LogP contribution in [0.25, 0.3) is 0 Å². The predicted octanol–water partition coefficient (Wildman–Crippen LogP) is 3.34. The number of fused-ring (bicyclic) bond motifs is 1. The van der Waals surface area contributed by atoms with Gasteiger partial charge in [-0.3, -0.25) is 4.79 Å². The number of esters is 1. The van der Waals surface area contributed by atoms with Crippen molar-refractivity contribution in [3.05, 3.63) is 51.4 Å². The Bertz CT molecular complexity index is 766. The maximum Gasteiger partial charge on any atom is 0.337 e. The quantitative estimate of drug-likeness (QED) is 0.767. The monoisotopic (exact) mass is 363 g/mol. The van der Waals surface area contributed by atoms with Crippen LogP contribution < -0.4 is 4.90 Å². The van der Waals surface area contributed by atoms with Crippen molar-refractivity contribution in [1.82, 2.24) is 0 Å². The van der Waals surface area contributed by atoms with Gasteiger partial charge in [0.05, 0.1) is 12.7 Å². The Hall–Kier alpha value is -2.08. The molecule has 0 fully saturated rings. The van der Waals surface area contributed by atoms with Crippen molar-refractivity contribution in [3.63, 3.8) is 0 Å². The molecule has 5 nitrogen and oxygen atoms in total. The molecule has 3 rings (SSSR count). The fraction of sp³-hybridized carbons (Fsp3) is 0.250. The molecule has 0 saturated heterocycles. The van der Waals surface area contributed by atoms with Gasteiger partial charge in [0.1, 0.15) is 0 Å². The number of hydrogen-bond donors (Lipinski definition) is 0. The van der Waals surface area contributed by atoms with Crippen LogP contribution in [0, 0.1) is 6.92 Å². The molecule has 1 aromatic carbocycles. The Morgan fingerprint density at radius 2 is 2.09 bits per heavy atom. The first-order chi connectivity index (χ1) is 10.5. The lowest BCUT2D eigenvalue weighted by Crippen LogP contribution is -2.29. The second kappa shape index (κ2) is 5.61. The van der Waals surface area contributed by atoms with Crippen LogP contribution in [0.3, 0.4) is 0 Å². The molecule has 2 aromatic rings. The lowest BCUT2D eigenvalue weighted by atomic mass is 10.1. The molecule has 1 aliphatic rings. The van der Waals surface area contributed by atoms with Crippen molar-refractivity contribution in [2.75, 3.05) is 18.6 Å². The van der Waals surface area contributed by atoms with Crippen LogP contribution in [0.1, 0.15) is 32.0 Å². The zero-order valence-electron chi connectivity index (χ0n) is 12.2. The third-order valence-electron chi connectivity index (χ3n) is 3.72. The summed E-state index contributed by atoms with van der Waals surface area (Å²) >= 11 is 3.24. The van der Waals surface area contributed by atoms with Crippen LogP contribution in [-0.2, 0) is 11.2 Å². The average Bonchev–Trinajstić information content (AvgIpc) is 3.08. The maximum atomic E-state index is 12.6.